The third-order valence-electron chi connectivity index (χ3n) is 4.77. The predicted molar refractivity (Wildman–Crippen MR) is 106 cm³/mol. The van der Waals surface area contributed by atoms with E-state index in [2.05, 4.69) is 16.7 Å². The number of aryl methyl sites for hydroxylation is 2. The van der Waals surface area contributed by atoms with Crippen molar-refractivity contribution in [2.45, 2.75) is 40.2 Å². The van der Waals surface area contributed by atoms with E-state index in [0.717, 1.165) is 41.2 Å². The van der Waals surface area contributed by atoms with E-state index in [-0.39, 0.29) is 17.9 Å². The Labute approximate surface area is 154 Å². The molecule has 136 valence electrons. The summed E-state index contributed by atoms with van der Waals surface area (Å²) in [7, 11) is 0. The van der Waals surface area contributed by atoms with Gasteiger partial charge in [-0.15, -0.1) is 0 Å². The molecule has 1 aliphatic heterocycles. The standard InChI is InChI=1S/C21H25N3O2/c1-13-5-7-19(14(2)11-13)23-21(26)15(3)22-18-6-8-20-17(12-18)9-10-24(20)16(4)25/h5-8,11-12,15,22H,9-10H2,1-4H3,(H,23,26)/t15-/m1/s1. The van der Waals surface area contributed by atoms with Gasteiger partial charge in [-0.25, -0.2) is 0 Å². The van der Waals surface area contributed by atoms with Crippen LogP contribution < -0.4 is 15.5 Å². The van der Waals surface area contributed by atoms with E-state index in [1.807, 2.05) is 51.1 Å². The lowest BCUT2D eigenvalue weighted by atomic mass is 10.1. The molecule has 1 aliphatic rings. The van der Waals surface area contributed by atoms with Gasteiger partial charge in [0.2, 0.25) is 11.8 Å². The van der Waals surface area contributed by atoms with Crippen LogP contribution >= 0.6 is 0 Å². The third kappa shape index (κ3) is 3.72. The maximum Gasteiger partial charge on any atom is 0.246 e. The molecule has 0 radical (unpaired) electrons. The van der Waals surface area contributed by atoms with Gasteiger partial charge < -0.3 is 15.5 Å². The number of anilines is 3. The van der Waals surface area contributed by atoms with E-state index in [4.69, 9.17) is 0 Å². The molecule has 2 amide bonds. The number of rotatable bonds is 4. The van der Waals surface area contributed by atoms with Crippen molar-refractivity contribution in [1.29, 1.82) is 0 Å². The number of fused-ring (bicyclic) bond motifs is 1. The second-order valence-electron chi connectivity index (χ2n) is 6.94. The minimum absolute atomic E-state index is 0.0608. The topological polar surface area (TPSA) is 61.4 Å². The van der Waals surface area contributed by atoms with E-state index < -0.39 is 0 Å². The first-order valence-electron chi connectivity index (χ1n) is 8.91. The summed E-state index contributed by atoms with van der Waals surface area (Å²) in [5, 5.41) is 6.23. The molecule has 3 rings (SSSR count). The van der Waals surface area contributed by atoms with Gasteiger partial charge in [-0.05, 0) is 62.6 Å². The monoisotopic (exact) mass is 351 g/mol. The highest BCUT2D eigenvalue weighted by Crippen LogP contribution is 2.30. The van der Waals surface area contributed by atoms with Gasteiger partial charge in [-0.1, -0.05) is 17.7 Å². The van der Waals surface area contributed by atoms with Crippen LogP contribution in [0.1, 0.15) is 30.5 Å². The fourth-order valence-corrected chi connectivity index (χ4v) is 3.33. The zero-order valence-electron chi connectivity index (χ0n) is 15.7. The van der Waals surface area contributed by atoms with Crippen LogP contribution in [0.4, 0.5) is 17.1 Å². The molecule has 2 aromatic rings. The maximum absolute atomic E-state index is 12.5. The molecular weight excluding hydrogens is 326 g/mol. The number of benzene rings is 2. The fraction of sp³-hybridized carbons (Fsp3) is 0.333. The van der Waals surface area contributed by atoms with Crippen molar-refractivity contribution < 1.29 is 9.59 Å². The van der Waals surface area contributed by atoms with Crippen molar-refractivity contribution in [3.63, 3.8) is 0 Å². The molecule has 1 atom stereocenters. The van der Waals surface area contributed by atoms with Crippen LogP contribution in [0.2, 0.25) is 0 Å². The second kappa shape index (κ2) is 7.20. The smallest absolute Gasteiger partial charge is 0.246 e. The number of hydrogen-bond acceptors (Lipinski definition) is 3. The lowest BCUT2D eigenvalue weighted by Crippen LogP contribution is -2.32. The number of carbonyl (C=O) groups excluding carboxylic acids is 2. The average molecular weight is 351 g/mol. The van der Waals surface area contributed by atoms with Crippen LogP contribution in [-0.4, -0.2) is 24.4 Å². The first-order valence-corrected chi connectivity index (χ1v) is 8.91. The minimum Gasteiger partial charge on any atom is -0.374 e. The SMILES string of the molecule is CC(=O)N1CCc2cc(N[C@H](C)C(=O)Nc3ccc(C)cc3C)ccc21. The van der Waals surface area contributed by atoms with Crippen LogP contribution in [0.3, 0.4) is 0 Å². The molecule has 0 aromatic heterocycles. The summed E-state index contributed by atoms with van der Waals surface area (Å²) in [5.41, 5.74) is 6.04. The lowest BCUT2D eigenvalue weighted by molar-refractivity contribution is -0.117. The highest BCUT2D eigenvalue weighted by atomic mass is 16.2. The quantitative estimate of drug-likeness (QED) is 0.884. The zero-order chi connectivity index (χ0) is 18.8. The molecule has 5 heteroatoms. The molecule has 0 fully saturated rings. The Hall–Kier alpha value is -2.82. The highest BCUT2D eigenvalue weighted by Gasteiger charge is 2.22. The molecule has 0 unspecified atom stereocenters. The summed E-state index contributed by atoms with van der Waals surface area (Å²) in [6, 6.07) is 11.5. The minimum atomic E-state index is -0.376. The molecule has 0 aliphatic carbocycles. The maximum atomic E-state index is 12.5. The molecule has 0 saturated carbocycles. The molecule has 0 bridgehead atoms. The number of nitrogens with zero attached hydrogens (tertiary/aromatic N) is 1. The highest BCUT2D eigenvalue weighted by molar-refractivity contribution is 5.97. The summed E-state index contributed by atoms with van der Waals surface area (Å²) < 4.78 is 0. The Balaban J connectivity index is 1.67. The summed E-state index contributed by atoms with van der Waals surface area (Å²) in [6.07, 6.45) is 0.841. The number of amides is 2. The van der Waals surface area contributed by atoms with Crippen molar-refractivity contribution in [3.8, 4) is 0 Å². The Morgan fingerprint density at radius 3 is 2.58 bits per heavy atom. The third-order valence-corrected chi connectivity index (χ3v) is 4.77. The van der Waals surface area contributed by atoms with Crippen molar-refractivity contribution in [3.05, 3.63) is 53.1 Å². The first kappa shape index (κ1) is 18.0. The number of hydrogen-bond donors (Lipinski definition) is 2. The normalized spacial score (nSPS) is 13.9. The summed E-state index contributed by atoms with van der Waals surface area (Å²) in [5.74, 6) is -0.0199. The molecular formula is C21H25N3O2. The molecule has 2 N–H and O–H groups in total. The van der Waals surface area contributed by atoms with Crippen LogP contribution in [0.25, 0.3) is 0 Å². The predicted octanol–water partition coefficient (Wildman–Crippen LogP) is 3.65. The summed E-state index contributed by atoms with van der Waals surface area (Å²) >= 11 is 0. The zero-order valence-corrected chi connectivity index (χ0v) is 15.7. The van der Waals surface area contributed by atoms with E-state index in [9.17, 15) is 9.59 Å². The van der Waals surface area contributed by atoms with Crippen LogP contribution in [0.5, 0.6) is 0 Å². The van der Waals surface area contributed by atoms with Crippen LogP contribution in [-0.2, 0) is 16.0 Å². The molecule has 0 spiro atoms. The van der Waals surface area contributed by atoms with Crippen molar-refractivity contribution in [2.75, 3.05) is 22.1 Å². The summed E-state index contributed by atoms with van der Waals surface area (Å²) in [4.78, 5) is 25.9. The largest absolute Gasteiger partial charge is 0.374 e. The average Bonchev–Trinajstić information content (AvgIpc) is 3.00. The fourth-order valence-electron chi connectivity index (χ4n) is 3.33. The Morgan fingerprint density at radius 2 is 1.88 bits per heavy atom. The first-order chi connectivity index (χ1) is 12.3. The van der Waals surface area contributed by atoms with Gasteiger partial charge in [0.1, 0.15) is 6.04 Å². The van der Waals surface area contributed by atoms with Gasteiger partial charge in [-0.3, -0.25) is 9.59 Å². The van der Waals surface area contributed by atoms with E-state index in [1.54, 1.807) is 11.8 Å². The van der Waals surface area contributed by atoms with Gasteiger partial charge in [0, 0.05) is 30.5 Å². The lowest BCUT2D eigenvalue weighted by Gasteiger charge is -2.18. The van der Waals surface area contributed by atoms with Gasteiger partial charge in [0.15, 0.2) is 0 Å². The van der Waals surface area contributed by atoms with E-state index in [0.29, 0.717) is 0 Å². The Bertz CT molecular complexity index is 860. The van der Waals surface area contributed by atoms with E-state index in [1.165, 1.54) is 5.56 Å². The molecule has 1 heterocycles. The molecule has 26 heavy (non-hydrogen) atoms. The van der Waals surface area contributed by atoms with Gasteiger partial charge in [0.25, 0.3) is 0 Å². The van der Waals surface area contributed by atoms with Crippen LogP contribution in [0, 0.1) is 13.8 Å². The van der Waals surface area contributed by atoms with E-state index >= 15 is 0 Å². The van der Waals surface area contributed by atoms with Crippen molar-refractivity contribution in [2.24, 2.45) is 0 Å². The number of nitrogens with one attached hydrogen (secondary N) is 2. The van der Waals surface area contributed by atoms with Crippen molar-refractivity contribution in [1.82, 2.24) is 0 Å². The van der Waals surface area contributed by atoms with Gasteiger partial charge in [0.05, 0.1) is 0 Å². The second-order valence-corrected chi connectivity index (χ2v) is 6.94. The molecule has 2 aromatic carbocycles. The van der Waals surface area contributed by atoms with Crippen LogP contribution in [0.15, 0.2) is 36.4 Å². The van der Waals surface area contributed by atoms with Gasteiger partial charge in [-0.2, -0.15) is 0 Å². The van der Waals surface area contributed by atoms with Gasteiger partial charge >= 0.3 is 0 Å². The summed E-state index contributed by atoms with van der Waals surface area (Å²) in [6.45, 7) is 8.16. The Kier molecular flexibility index (Phi) is 4.98. The van der Waals surface area contributed by atoms with Crippen molar-refractivity contribution >= 4 is 28.9 Å². The molecule has 5 nitrogen and oxygen atoms in total. The number of carbonyl (C=O) groups is 2. The molecule has 0 saturated heterocycles. The Morgan fingerprint density at radius 1 is 1.12 bits per heavy atom.